The first-order valence-electron chi connectivity index (χ1n) is 6.93. The molecule has 0 radical (unpaired) electrons. The molecule has 1 saturated carbocycles. The van der Waals surface area contributed by atoms with Gasteiger partial charge in [0.25, 0.3) is 0 Å². The molecule has 0 aromatic carbocycles. The number of hydrogen-bond acceptors (Lipinski definition) is 4. The van der Waals surface area contributed by atoms with Crippen molar-refractivity contribution in [2.75, 3.05) is 13.1 Å². The van der Waals surface area contributed by atoms with Gasteiger partial charge >= 0.3 is 0 Å². The summed E-state index contributed by atoms with van der Waals surface area (Å²) in [6.07, 6.45) is 2.34. The first-order chi connectivity index (χ1) is 9.04. The maximum Gasteiger partial charge on any atom is 0.228 e. The van der Waals surface area contributed by atoms with E-state index >= 15 is 0 Å². The molecule has 1 aromatic heterocycles. The Bertz CT molecular complexity index is 486. The summed E-state index contributed by atoms with van der Waals surface area (Å²) >= 11 is 1.65. The van der Waals surface area contributed by atoms with Crippen molar-refractivity contribution in [2.24, 2.45) is 11.8 Å². The summed E-state index contributed by atoms with van der Waals surface area (Å²) in [7, 11) is 0. The Balaban J connectivity index is 1.67. The number of piperidine rings is 1. The monoisotopic (exact) mass is 280 g/mol. The molecule has 4 nitrogen and oxygen atoms in total. The van der Waals surface area contributed by atoms with Crippen molar-refractivity contribution in [3.05, 3.63) is 15.6 Å². The van der Waals surface area contributed by atoms with Gasteiger partial charge < -0.3 is 10.0 Å². The van der Waals surface area contributed by atoms with Crippen molar-refractivity contribution in [1.29, 1.82) is 0 Å². The molecule has 3 rings (SSSR count). The van der Waals surface area contributed by atoms with Crippen molar-refractivity contribution in [3.8, 4) is 0 Å². The summed E-state index contributed by atoms with van der Waals surface area (Å²) in [5.41, 5.74) is 0.922. The van der Waals surface area contributed by atoms with Crippen LogP contribution in [0.15, 0.2) is 0 Å². The Labute approximate surface area is 117 Å². The smallest absolute Gasteiger partial charge is 0.228 e. The summed E-state index contributed by atoms with van der Waals surface area (Å²) < 4.78 is 0. The van der Waals surface area contributed by atoms with E-state index in [1.165, 1.54) is 0 Å². The van der Waals surface area contributed by atoms with Gasteiger partial charge in [0.1, 0.15) is 0 Å². The molecule has 2 aliphatic rings. The summed E-state index contributed by atoms with van der Waals surface area (Å²) in [6, 6.07) is 0. The van der Waals surface area contributed by atoms with Crippen molar-refractivity contribution in [1.82, 2.24) is 9.88 Å². The first kappa shape index (κ1) is 13.1. The lowest BCUT2D eigenvalue weighted by atomic mass is 9.95. The first-order valence-corrected chi connectivity index (χ1v) is 7.75. The van der Waals surface area contributed by atoms with Gasteiger partial charge in [-0.1, -0.05) is 0 Å². The van der Waals surface area contributed by atoms with Gasteiger partial charge in [0.15, 0.2) is 0 Å². The van der Waals surface area contributed by atoms with Crippen LogP contribution in [-0.4, -0.2) is 40.1 Å². The highest BCUT2D eigenvalue weighted by Gasteiger charge is 2.42. The summed E-state index contributed by atoms with van der Waals surface area (Å²) in [5.74, 6) is 0.749. The molecule has 19 heavy (non-hydrogen) atoms. The van der Waals surface area contributed by atoms with Crippen molar-refractivity contribution in [3.63, 3.8) is 0 Å². The Morgan fingerprint density at radius 1 is 1.37 bits per heavy atom. The van der Waals surface area contributed by atoms with Crippen LogP contribution < -0.4 is 0 Å². The molecule has 2 heterocycles. The van der Waals surface area contributed by atoms with E-state index in [0.29, 0.717) is 18.3 Å². The average molecular weight is 280 g/mol. The van der Waals surface area contributed by atoms with Gasteiger partial charge in [-0.2, -0.15) is 0 Å². The van der Waals surface area contributed by atoms with E-state index < -0.39 is 0 Å². The van der Waals surface area contributed by atoms with Crippen LogP contribution in [0.25, 0.3) is 0 Å². The number of rotatable bonds is 2. The van der Waals surface area contributed by atoms with E-state index in [0.717, 1.165) is 41.5 Å². The Kier molecular flexibility index (Phi) is 3.35. The normalized spacial score (nSPS) is 29.8. The molecular formula is C14H20N2O2S. The van der Waals surface area contributed by atoms with Gasteiger partial charge in [0.2, 0.25) is 5.91 Å². The molecule has 1 unspecified atom stereocenters. The predicted octanol–water partition coefficient (Wildman–Crippen LogP) is 1.53. The number of hydrogen-bond donors (Lipinski definition) is 1. The fourth-order valence-electron chi connectivity index (χ4n) is 3.39. The van der Waals surface area contributed by atoms with Crippen molar-refractivity contribution >= 4 is 17.2 Å². The van der Waals surface area contributed by atoms with Gasteiger partial charge in [-0.25, -0.2) is 4.98 Å². The third-order valence-corrected chi connectivity index (χ3v) is 5.38. The lowest BCUT2D eigenvalue weighted by Gasteiger charge is -2.35. The zero-order valence-corrected chi connectivity index (χ0v) is 12.2. The third-order valence-electron chi connectivity index (χ3n) is 4.45. The Hall–Kier alpha value is -0.940. The van der Waals surface area contributed by atoms with E-state index in [9.17, 15) is 9.90 Å². The number of aromatic nitrogens is 1. The number of aliphatic hydroxyl groups excluding tert-OH is 1. The summed E-state index contributed by atoms with van der Waals surface area (Å²) in [5, 5.41) is 11.0. The number of aliphatic hydroxyl groups is 1. The molecule has 1 N–H and O–H groups in total. The quantitative estimate of drug-likeness (QED) is 0.894. The van der Waals surface area contributed by atoms with E-state index in [-0.39, 0.29) is 12.0 Å². The Morgan fingerprint density at radius 2 is 2.00 bits per heavy atom. The Morgan fingerprint density at radius 3 is 2.53 bits per heavy atom. The highest BCUT2D eigenvalue weighted by Crippen LogP contribution is 2.37. The van der Waals surface area contributed by atoms with Crippen LogP contribution >= 0.6 is 11.3 Å². The number of fused-ring (bicyclic) bond motifs is 2. The van der Waals surface area contributed by atoms with E-state index in [2.05, 4.69) is 4.98 Å². The minimum Gasteiger partial charge on any atom is -0.392 e. The molecule has 1 saturated heterocycles. The van der Waals surface area contributed by atoms with Crippen LogP contribution in [0.1, 0.15) is 28.4 Å². The van der Waals surface area contributed by atoms with E-state index in [1.54, 1.807) is 11.3 Å². The zero-order chi connectivity index (χ0) is 13.6. The minimum absolute atomic E-state index is 0.164. The highest BCUT2D eigenvalue weighted by atomic mass is 32.1. The topological polar surface area (TPSA) is 53.4 Å². The maximum absolute atomic E-state index is 12.4. The summed E-state index contributed by atoms with van der Waals surface area (Å²) in [6.45, 7) is 5.44. The van der Waals surface area contributed by atoms with Crippen LogP contribution in [0.4, 0.5) is 0 Å². The number of carbonyl (C=O) groups is 1. The molecule has 2 fully saturated rings. The molecule has 3 atom stereocenters. The van der Waals surface area contributed by atoms with E-state index in [4.69, 9.17) is 0 Å². The standard InChI is InChI=1S/C14H20N2O2S/c1-8-12(15-9(2)19-8)5-13(17)16-6-10-3-4-11(7-16)14(10)18/h10-11,14,18H,3-7H2,1-2H3/t10-,11+,14?. The molecule has 0 spiro atoms. The maximum atomic E-state index is 12.4. The van der Waals surface area contributed by atoms with Gasteiger partial charge in [0, 0.05) is 29.8 Å². The number of nitrogens with zero attached hydrogens (tertiary/aromatic N) is 2. The molecule has 104 valence electrons. The lowest BCUT2D eigenvalue weighted by Crippen LogP contribution is -2.47. The number of aryl methyl sites for hydroxylation is 2. The fraction of sp³-hybridized carbons (Fsp3) is 0.714. The van der Waals surface area contributed by atoms with Gasteiger partial charge in [0.05, 0.1) is 23.2 Å². The second kappa shape index (κ2) is 4.87. The van der Waals surface area contributed by atoms with E-state index in [1.807, 2.05) is 18.7 Å². The van der Waals surface area contributed by atoms with Crippen LogP contribution in [0.5, 0.6) is 0 Å². The average Bonchev–Trinajstić information content (AvgIpc) is 2.75. The van der Waals surface area contributed by atoms with Crippen molar-refractivity contribution < 1.29 is 9.90 Å². The van der Waals surface area contributed by atoms with Crippen LogP contribution in [0.3, 0.4) is 0 Å². The zero-order valence-electron chi connectivity index (χ0n) is 11.4. The molecule has 1 aromatic rings. The third kappa shape index (κ3) is 2.41. The van der Waals surface area contributed by atoms with Gasteiger partial charge in [-0.15, -0.1) is 11.3 Å². The van der Waals surface area contributed by atoms with Crippen LogP contribution in [-0.2, 0) is 11.2 Å². The largest absolute Gasteiger partial charge is 0.392 e. The highest BCUT2D eigenvalue weighted by molar-refractivity contribution is 7.11. The van der Waals surface area contributed by atoms with Gasteiger partial charge in [-0.05, 0) is 26.7 Å². The van der Waals surface area contributed by atoms with Crippen molar-refractivity contribution in [2.45, 2.75) is 39.2 Å². The molecule has 1 aliphatic heterocycles. The molecular weight excluding hydrogens is 260 g/mol. The number of carbonyl (C=O) groups excluding carboxylic acids is 1. The lowest BCUT2D eigenvalue weighted by molar-refractivity contribution is -0.134. The second-order valence-corrected chi connectivity index (χ2v) is 7.21. The molecule has 5 heteroatoms. The molecule has 1 amide bonds. The summed E-state index contributed by atoms with van der Waals surface area (Å²) in [4.78, 5) is 19.9. The number of amides is 1. The molecule has 1 aliphatic carbocycles. The fourth-order valence-corrected chi connectivity index (χ4v) is 4.22. The SMILES string of the molecule is Cc1nc(CC(=O)N2C[C@H]3CC[C@@H](C2)C3O)c(C)s1. The van der Waals surface area contributed by atoms with Crippen LogP contribution in [0, 0.1) is 25.7 Å². The van der Waals surface area contributed by atoms with Crippen LogP contribution in [0.2, 0.25) is 0 Å². The predicted molar refractivity (Wildman–Crippen MR) is 74.1 cm³/mol. The minimum atomic E-state index is -0.188. The number of thiazole rings is 1. The number of likely N-dealkylation sites (tertiary alicyclic amines) is 1. The molecule has 2 bridgehead atoms. The van der Waals surface area contributed by atoms with Gasteiger partial charge in [-0.3, -0.25) is 4.79 Å². The second-order valence-electron chi connectivity index (χ2n) is 5.80.